The number of unbranched alkanes of at least 4 members (excludes halogenated alkanes) is 5. The maximum Gasteiger partial charge on any atom is 0.425 e. The van der Waals surface area contributed by atoms with E-state index in [1.54, 1.807) is 6.07 Å². The molecule has 0 aliphatic rings. The minimum Gasteiger partial charge on any atom is -0.219 e. The van der Waals surface area contributed by atoms with Crippen LogP contribution in [-0.4, -0.2) is 14.6 Å². The molecule has 0 saturated carbocycles. The van der Waals surface area contributed by atoms with Crippen LogP contribution in [0.15, 0.2) is 45.7 Å². The molecule has 138 valence electrons. The fraction of sp³-hybridized carbons (Fsp3) is 0.474. The molecule has 2 nitrogen and oxygen atoms in total. The zero-order valence-corrected chi connectivity index (χ0v) is 15.3. The van der Waals surface area contributed by atoms with Gasteiger partial charge in [0.1, 0.15) is 5.57 Å². The van der Waals surface area contributed by atoms with Crippen LogP contribution in [-0.2, 0) is 9.84 Å². The summed E-state index contributed by atoms with van der Waals surface area (Å²) >= 11 is 0. The summed E-state index contributed by atoms with van der Waals surface area (Å²) in [4.78, 5) is -0.930. The molecule has 0 heterocycles. The third-order valence-electron chi connectivity index (χ3n) is 3.71. The molecule has 0 aliphatic heterocycles. The Bertz CT molecular complexity index is 736. The third kappa shape index (κ3) is 6.58. The maximum absolute atomic E-state index is 13.3. The topological polar surface area (TPSA) is 34.1 Å². The second kappa shape index (κ2) is 9.67. The number of halogens is 3. The van der Waals surface area contributed by atoms with Gasteiger partial charge in [0, 0.05) is 6.42 Å². The lowest BCUT2D eigenvalue weighted by Crippen LogP contribution is -2.16. The van der Waals surface area contributed by atoms with Crippen LogP contribution in [0.2, 0.25) is 0 Å². The summed E-state index contributed by atoms with van der Waals surface area (Å²) in [7, 11) is -4.22. The number of benzene rings is 1. The van der Waals surface area contributed by atoms with E-state index in [0.29, 0.717) is 12.8 Å². The lowest BCUT2D eigenvalue weighted by Gasteiger charge is -2.11. The predicted molar refractivity (Wildman–Crippen MR) is 93.5 cm³/mol. The van der Waals surface area contributed by atoms with E-state index in [2.05, 4.69) is 18.8 Å². The second-order valence-electron chi connectivity index (χ2n) is 5.71. The minimum atomic E-state index is -4.80. The van der Waals surface area contributed by atoms with Crippen molar-refractivity contribution in [2.45, 2.75) is 63.4 Å². The Kier molecular flexibility index (Phi) is 8.24. The summed E-state index contributed by atoms with van der Waals surface area (Å²) in [5.74, 6) is 4.53. The lowest BCUT2D eigenvalue weighted by molar-refractivity contribution is -0.0875. The normalized spacial score (nSPS) is 13.0. The molecular weight excluding hydrogens is 349 g/mol. The Labute approximate surface area is 148 Å². The van der Waals surface area contributed by atoms with Gasteiger partial charge in [-0.2, -0.15) is 13.2 Å². The summed E-state index contributed by atoms with van der Waals surface area (Å²) in [5.41, 5.74) is -1.29. The molecule has 0 radical (unpaired) electrons. The molecule has 0 aromatic heterocycles. The van der Waals surface area contributed by atoms with Crippen LogP contribution in [0.5, 0.6) is 0 Å². The Hall–Kier alpha value is -1.74. The van der Waals surface area contributed by atoms with Gasteiger partial charge < -0.3 is 0 Å². The summed E-state index contributed by atoms with van der Waals surface area (Å²) in [6, 6.07) is 7.08. The van der Waals surface area contributed by atoms with E-state index in [1.807, 2.05) is 0 Å². The number of sulfone groups is 1. The zero-order valence-electron chi connectivity index (χ0n) is 14.5. The van der Waals surface area contributed by atoms with Crippen molar-refractivity contribution in [2.24, 2.45) is 0 Å². The molecule has 0 bridgehead atoms. The van der Waals surface area contributed by atoms with Crippen LogP contribution >= 0.6 is 0 Å². The summed E-state index contributed by atoms with van der Waals surface area (Å²) < 4.78 is 64.6. The average Bonchev–Trinajstić information content (AvgIpc) is 2.56. The molecule has 6 heteroatoms. The summed E-state index contributed by atoms with van der Waals surface area (Å²) in [6.45, 7) is 3.04. The standard InChI is InChI=1S/C19H23F3O2S/c1-3-4-5-6-7-8-12-15-18(19(20,21)22)16(2)25(23,24)17-13-10-9-11-14-17/h9-11,13-14H,3-8H2,1-2H3/b18-16-. The first-order chi connectivity index (χ1) is 11.7. The van der Waals surface area contributed by atoms with Gasteiger partial charge in [-0.15, -0.1) is 0 Å². The SMILES string of the molecule is CCCCCCCC#C/C(=C(\C)S(=O)(=O)c1ccccc1)C(F)(F)F. The molecule has 25 heavy (non-hydrogen) atoms. The molecule has 0 spiro atoms. The van der Waals surface area contributed by atoms with Crippen LogP contribution in [0.3, 0.4) is 0 Å². The molecule has 0 atom stereocenters. The van der Waals surface area contributed by atoms with Crippen LogP contribution in [0.25, 0.3) is 0 Å². The number of alkyl halides is 3. The molecule has 0 N–H and O–H groups in total. The van der Waals surface area contributed by atoms with Crippen LogP contribution < -0.4 is 0 Å². The molecule has 0 amide bonds. The molecule has 1 aromatic rings. The number of hydrogen-bond acceptors (Lipinski definition) is 2. The average molecular weight is 372 g/mol. The Morgan fingerprint density at radius 2 is 1.64 bits per heavy atom. The molecule has 0 aliphatic carbocycles. The van der Waals surface area contributed by atoms with E-state index >= 15 is 0 Å². The predicted octanol–water partition coefficient (Wildman–Crippen LogP) is 5.66. The quantitative estimate of drug-likeness (QED) is 0.457. The highest BCUT2D eigenvalue weighted by Crippen LogP contribution is 2.32. The van der Waals surface area contributed by atoms with Crippen molar-refractivity contribution in [2.75, 3.05) is 0 Å². The van der Waals surface area contributed by atoms with E-state index in [9.17, 15) is 21.6 Å². The van der Waals surface area contributed by atoms with Gasteiger partial charge in [-0.25, -0.2) is 8.42 Å². The number of hydrogen-bond donors (Lipinski definition) is 0. The highest BCUT2D eigenvalue weighted by Gasteiger charge is 2.38. The third-order valence-corrected chi connectivity index (χ3v) is 5.61. The minimum absolute atomic E-state index is 0.171. The highest BCUT2D eigenvalue weighted by molar-refractivity contribution is 7.95. The van der Waals surface area contributed by atoms with Crippen LogP contribution in [0, 0.1) is 11.8 Å². The number of allylic oxidation sites excluding steroid dienone is 2. The van der Waals surface area contributed by atoms with E-state index in [-0.39, 0.29) is 4.90 Å². The smallest absolute Gasteiger partial charge is 0.219 e. The van der Waals surface area contributed by atoms with Crippen LogP contribution in [0.4, 0.5) is 13.2 Å². The second-order valence-corrected chi connectivity index (χ2v) is 7.80. The fourth-order valence-corrected chi connectivity index (χ4v) is 3.54. The van der Waals surface area contributed by atoms with Gasteiger partial charge in [0.2, 0.25) is 9.84 Å². The first-order valence-corrected chi connectivity index (χ1v) is 9.76. The lowest BCUT2D eigenvalue weighted by atomic mass is 10.1. The first-order valence-electron chi connectivity index (χ1n) is 8.28. The molecule has 1 rings (SSSR count). The van der Waals surface area contributed by atoms with Gasteiger partial charge in [0.25, 0.3) is 0 Å². The monoisotopic (exact) mass is 372 g/mol. The van der Waals surface area contributed by atoms with Gasteiger partial charge in [0.15, 0.2) is 0 Å². The summed E-state index contributed by atoms with van der Waals surface area (Å²) in [5, 5.41) is 0. The van der Waals surface area contributed by atoms with Crippen molar-refractivity contribution in [3.05, 3.63) is 40.8 Å². The van der Waals surface area contributed by atoms with Crippen molar-refractivity contribution in [1.29, 1.82) is 0 Å². The highest BCUT2D eigenvalue weighted by atomic mass is 32.2. The number of rotatable bonds is 7. The van der Waals surface area contributed by atoms with Crippen molar-refractivity contribution < 1.29 is 21.6 Å². The Balaban J connectivity index is 3.04. The Morgan fingerprint density at radius 3 is 2.20 bits per heavy atom. The zero-order chi connectivity index (χ0) is 18.9. The Morgan fingerprint density at radius 1 is 1.04 bits per heavy atom. The molecular formula is C19H23F3O2S. The van der Waals surface area contributed by atoms with Gasteiger partial charge in [-0.3, -0.25) is 0 Å². The van der Waals surface area contributed by atoms with E-state index in [1.165, 1.54) is 24.3 Å². The maximum atomic E-state index is 13.3. The largest absolute Gasteiger partial charge is 0.425 e. The van der Waals surface area contributed by atoms with Gasteiger partial charge in [0.05, 0.1) is 9.80 Å². The molecule has 0 unspecified atom stereocenters. The van der Waals surface area contributed by atoms with Gasteiger partial charge in [-0.05, 0) is 25.5 Å². The summed E-state index contributed by atoms with van der Waals surface area (Å²) in [6.07, 6.45) is 0.348. The van der Waals surface area contributed by atoms with Crippen molar-refractivity contribution in [1.82, 2.24) is 0 Å². The molecule has 0 fully saturated rings. The molecule has 1 aromatic carbocycles. The van der Waals surface area contributed by atoms with Crippen LogP contribution in [0.1, 0.15) is 52.4 Å². The van der Waals surface area contributed by atoms with Gasteiger partial charge >= 0.3 is 6.18 Å². The van der Waals surface area contributed by atoms with Crippen molar-refractivity contribution >= 4 is 9.84 Å². The fourth-order valence-electron chi connectivity index (χ4n) is 2.24. The van der Waals surface area contributed by atoms with Gasteiger partial charge in [-0.1, -0.05) is 62.6 Å². The van der Waals surface area contributed by atoms with E-state index < -0.39 is 26.5 Å². The van der Waals surface area contributed by atoms with E-state index in [4.69, 9.17) is 0 Å². The van der Waals surface area contributed by atoms with Crippen molar-refractivity contribution in [3.63, 3.8) is 0 Å². The van der Waals surface area contributed by atoms with E-state index in [0.717, 1.165) is 32.6 Å². The van der Waals surface area contributed by atoms with Crippen molar-refractivity contribution in [3.8, 4) is 11.8 Å². The first kappa shape index (κ1) is 21.3. The molecule has 0 saturated heterocycles.